The molecule has 0 fully saturated rings. The lowest BCUT2D eigenvalue weighted by atomic mass is 10.1. The summed E-state index contributed by atoms with van der Waals surface area (Å²) >= 11 is 0. The van der Waals surface area contributed by atoms with Crippen molar-refractivity contribution < 1.29 is 9.53 Å². The van der Waals surface area contributed by atoms with Crippen LogP contribution in [0, 0.1) is 5.92 Å². The third kappa shape index (κ3) is 5.25. The van der Waals surface area contributed by atoms with Gasteiger partial charge in [0.2, 0.25) is 0 Å². The molecule has 0 aliphatic rings. The number of ether oxygens (including phenoxy) is 1. The van der Waals surface area contributed by atoms with Crippen LogP contribution in [0.2, 0.25) is 0 Å². The van der Waals surface area contributed by atoms with Crippen LogP contribution < -0.4 is 10.6 Å². The van der Waals surface area contributed by atoms with Crippen LogP contribution in [-0.4, -0.2) is 29.6 Å². The lowest BCUT2D eigenvalue weighted by Gasteiger charge is -2.10. The molecule has 1 heterocycles. The van der Waals surface area contributed by atoms with E-state index in [1.54, 1.807) is 24.3 Å². The van der Waals surface area contributed by atoms with Gasteiger partial charge in [-0.25, -0.2) is 14.8 Å². The number of anilines is 3. The Morgan fingerprint density at radius 3 is 2.52 bits per heavy atom. The lowest BCUT2D eigenvalue weighted by Crippen LogP contribution is -2.07. The van der Waals surface area contributed by atoms with Gasteiger partial charge < -0.3 is 15.4 Å². The molecule has 122 valence electrons. The number of benzene rings is 1. The van der Waals surface area contributed by atoms with Gasteiger partial charge in [-0.1, -0.05) is 13.8 Å². The van der Waals surface area contributed by atoms with Crippen molar-refractivity contribution in [2.45, 2.75) is 20.3 Å². The van der Waals surface area contributed by atoms with Crippen molar-refractivity contribution in [2.24, 2.45) is 5.92 Å². The first-order valence-electron chi connectivity index (χ1n) is 7.60. The van der Waals surface area contributed by atoms with Crippen LogP contribution in [0.4, 0.5) is 17.3 Å². The van der Waals surface area contributed by atoms with Crippen molar-refractivity contribution in [1.29, 1.82) is 0 Å². The maximum absolute atomic E-state index is 11.4. The van der Waals surface area contributed by atoms with E-state index in [1.807, 2.05) is 6.07 Å². The number of hydrogen-bond donors (Lipinski definition) is 2. The van der Waals surface area contributed by atoms with Crippen LogP contribution in [0.3, 0.4) is 0 Å². The number of nitrogens with zero attached hydrogens (tertiary/aromatic N) is 2. The summed E-state index contributed by atoms with van der Waals surface area (Å²) in [5.74, 6) is 1.78. The summed E-state index contributed by atoms with van der Waals surface area (Å²) in [5.41, 5.74) is 1.35. The molecule has 23 heavy (non-hydrogen) atoms. The number of hydrogen-bond acceptors (Lipinski definition) is 6. The van der Waals surface area contributed by atoms with E-state index >= 15 is 0 Å². The second kappa shape index (κ2) is 8.12. The molecule has 0 saturated carbocycles. The Labute approximate surface area is 136 Å². The zero-order chi connectivity index (χ0) is 16.7. The summed E-state index contributed by atoms with van der Waals surface area (Å²) in [6, 6.07) is 8.88. The first-order chi connectivity index (χ1) is 11.1. The average molecular weight is 314 g/mol. The van der Waals surface area contributed by atoms with Crippen molar-refractivity contribution in [1.82, 2.24) is 9.97 Å². The summed E-state index contributed by atoms with van der Waals surface area (Å²) in [6.45, 7) is 5.25. The zero-order valence-corrected chi connectivity index (χ0v) is 13.7. The molecule has 2 N–H and O–H groups in total. The van der Waals surface area contributed by atoms with Gasteiger partial charge in [-0.05, 0) is 36.6 Å². The van der Waals surface area contributed by atoms with E-state index in [1.165, 1.54) is 13.4 Å². The number of carbonyl (C=O) groups excluding carboxylic acids is 1. The van der Waals surface area contributed by atoms with Crippen LogP contribution >= 0.6 is 0 Å². The van der Waals surface area contributed by atoms with Crippen molar-refractivity contribution >= 4 is 23.3 Å². The SMILES string of the molecule is COC(=O)c1ccc(Nc2cc(NCCC(C)C)ncn2)cc1. The Bertz CT molecular complexity index is 641. The fourth-order valence-corrected chi connectivity index (χ4v) is 1.97. The maximum atomic E-state index is 11.4. The number of nitrogens with one attached hydrogen (secondary N) is 2. The average Bonchev–Trinajstić information content (AvgIpc) is 2.55. The van der Waals surface area contributed by atoms with E-state index in [9.17, 15) is 4.79 Å². The van der Waals surface area contributed by atoms with E-state index < -0.39 is 0 Å². The minimum atomic E-state index is -0.352. The third-order valence-corrected chi connectivity index (χ3v) is 3.27. The van der Waals surface area contributed by atoms with Crippen molar-refractivity contribution in [3.05, 3.63) is 42.2 Å². The van der Waals surface area contributed by atoms with Gasteiger partial charge in [0, 0.05) is 18.3 Å². The Balaban J connectivity index is 1.98. The largest absolute Gasteiger partial charge is 0.465 e. The van der Waals surface area contributed by atoms with E-state index in [4.69, 9.17) is 0 Å². The highest BCUT2D eigenvalue weighted by Crippen LogP contribution is 2.17. The van der Waals surface area contributed by atoms with Gasteiger partial charge in [0.25, 0.3) is 0 Å². The van der Waals surface area contributed by atoms with Gasteiger partial charge in [0.15, 0.2) is 0 Å². The predicted molar refractivity (Wildman–Crippen MR) is 91.0 cm³/mol. The van der Waals surface area contributed by atoms with Crippen LogP contribution in [0.15, 0.2) is 36.7 Å². The molecule has 0 bridgehead atoms. The van der Waals surface area contributed by atoms with E-state index in [-0.39, 0.29) is 5.97 Å². The Morgan fingerprint density at radius 1 is 1.17 bits per heavy atom. The minimum Gasteiger partial charge on any atom is -0.465 e. The van der Waals surface area contributed by atoms with Crippen molar-refractivity contribution in [3.8, 4) is 0 Å². The molecule has 2 aromatic rings. The molecule has 0 radical (unpaired) electrons. The topological polar surface area (TPSA) is 76.1 Å². The summed E-state index contributed by atoms with van der Waals surface area (Å²) in [5, 5.41) is 6.47. The summed E-state index contributed by atoms with van der Waals surface area (Å²) in [7, 11) is 1.36. The molecule has 0 aliphatic carbocycles. The van der Waals surface area contributed by atoms with Crippen molar-refractivity contribution in [2.75, 3.05) is 24.3 Å². The Morgan fingerprint density at radius 2 is 1.87 bits per heavy atom. The molecule has 1 aromatic carbocycles. The van der Waals surface area contributed by atoms with Crippen LogP contribution in [-0.2, 0) is 4.74 Å². The van der Waals surface area contributed by atoms with Gasteiger partial charge >= 0.3 is 5.97 Å². The molecule has 6 heteroatoms. The highest BCUT2D eigenvalue weighted by Gasteiger charge is 2.05. The number of aromatic nitrogens is 2. The molecule has 0 atom stereocenters. The third-order valence-electron chi connectivity index (χ3n) is 3.27. The minimum absolute atomic E-state index is 0.352. The molecule has 0 spiro atoms. The number of rotatable bonds is 7. The van der Waals surface area contributed by atoms with Gasteiger partial charge in [-0.15, -0.1) is 0 Å². The first kappa shape index (κ1) is 16.7. The van der Waals surface area contributed by atoms with E-state index in [0.29, 0.717) is 17.3 Å². The highest BCUT2D eigenvalue weighted by molar-refractivity contribution is 5.89. The summed E-state index contributed by atoms with van der Waals surface area (Å²) in [4.78, 5) is 19.8. The van der Waals surface area contributed by atoms with Gasteiger partial charge in [0.05, 0.1) is 12.7 Å². The van der Waals surface area contributed by atoms with Crippen LogP contribution in [0.25, 0.3) is 0 Å². The molecular formula is C17H22N4O2. The summed E-state index contributed by atoms with van der Waals surface area (Å²) < 4.78 is 4.68. The highest BCUT2D eigenvalue weighted by atomic mass is 16.5. The number of carbonyl (C=O) groups is 1. The molecule has 6 nitrogen and oxygen atoms in total. The van der Waals surface area contributed by atoms with E-state index in [0.717, 1.165) is 24.5 Å². The van der Waals surface area contributed by atoms with Gasteiger partial charge in [-0.3, -0.25) is 0 Å². The van der Waals surface area contributed by atoms with Gasteiger partial charge in [-0.2, -0.15) is 0 Å². The van der Waals surface area contributed by atoms with Crippen molar-refractivity contribution in [3.63, 3.8) is 0 Å². The molecule has 0 unspecified atom stereocenters. The molecule has 2 rings (SSSR count). The first-order valence-corrected chi connectivity index (χ1v) is 7.60. The molecule has 0 amide bonds. The number of esters is 1. The van der Waals surface area contributed by atoms with Crippen LogP contribution in [0.1, 0.15) is 30.6 Å². The molecule has 0 saturated heterocycles. The standard InChI is InChI=1S/C17H22N4O2/c1-12(2)8-9-18-15-10-16(20-11-19-15)21-14-6-4-13(5-7-14)17(22)23-3/h4-7,10-12H,8-9H2,1-3H3,(H2,18,19,20,21). The second-order valence-corrected chi connectivity index (χ2v) is 5.59. The molecular weight excluding hydrogens is 292 g/mol. The lowest BCUT2D eigenvalue weighted by molar-refractivity contribution is 0.0601. The summed E-state index contributed by atoms with van der Waals surface area (Å²) in [6.07, 6.45) is 2.60. The number of methoxy groups -OCH3 is 1. The van der Waals surface area contributed by atoms with Gasteiger partial charge in [0.1, 0.15) is 18.0 Å². The Kier molecular flexibility index (Phi) is 5.91. The second-order valence-electron chi connectivity index (χ2n) is 5.59. The molecule has 0 aliphatic heterocycles. The zero-order valence-electron chi connectivity index (χ0n) is 13.7. The molecule has 1 aromatic heterocycles. The fourth-order valence-electron chi connectivity index (χ4n) is 1.97. The van der Waals surface area contributed by atoms with Crippen LogP contribution in [0.5, 0.6) is 0 Å². The fraction of sp³-hybridized carbons (Fsp3) is 0.353. The maximum Gasteiger partial charge on any atom is 0.337 e. The quantitative estimate of drug-likeness (QED) is 0.762. The monoisotopic (exact) mass is 314 g/mol. The predicted octanol–water partition coefficient (Wildman–Crippen LogP) is 3.46. The smallest absolute Gasteiger partial charge is 0.337 e. The normalized spacial score (nSPS) is 10.4. The van der Waals surface area contributed by atoms with E-state index in [2.05, 4.69) is 39.2 Å². The Hall–Kier alpha value is -2.63.